The number of nitrogens with zero attached hydrogens (tertiary/aromatic N) is 3. The molecule has 1 aromatic rings. The predicted octanol–water partition coefficient (Wildman–Crippen LogP) is 0.422. The molecule has 6 N–H and O–H groups in total. The zero-order valence-corrected chi connectivity index (χ0v) is 11.3. The molecule has 7 nitrogen and oxygen atoms in total. The Morgan fingerprint density at radius 1 is 1.25 bits per heavy atom. The van der Waals surface area contributed by atoms with Gasteiger partial charge in [0.15, 0.2) is 5.96 Å². The van der Waals surface area contributed by atoms with Gasteiger partial charge in [-0.1, -0.05) is 0 Å². The standard InChI is InChI=1S/C13H18N6O/c1-8-2-7-11(20)19(8)10-5-3-9(4-6-10)17-13(16)18-12(14)15/h3-6,8H,2,7H2,1H3,(H6,14,15,16,17,18). The third kappa shape index (κ3) is 3.05. The summed E-state index contributed by atoms with van der Waals surface area (Å²) in [5, 5.41) is 0. The van der Waals surface area contributed by atoms with E-state index in [2.05, 4.69) is 9.98 Å². The van der Waals surface area contributed by atoms with Gasteiger partial charge >= 0.3 is 0 Å². The Balaban J connectivity index is 2.18. The third-order valence-corrected chi connectivity index (χ3v) is 3.10. The van der Waals surface area contributed by atoms with Gasteiger partial charge in [0.2, 0.25) is 11.9 Å². The fourth-order valence-corrected chi connectivity index (χ4v) is 2.20. The highest BCUT2D eigenvalue weighted by molar-refractivity contribution is 5.96. The first-order chi connectivity index (χ1) is 9.47. The molecule has 0 saturated carbocycles. The van der Waals surface area contributed by atoms with Crippen molar-refractivity contribution in [3.63, 3.8) is 0 Å². The predicted molar refractivity (Wildman–Crippen MR) is 79.7 cm³/mol. The van der Waals surface area contributed by atoms with Crippen molar-refractivity contribution in [1.29, 1.82) is 0 Å². The van der Waals surface area contributed by atoms with Crippen molar-refractivity contribution < 1.29 is 4.79 Å². The monoisotopic (exact) mass is 274 g/mol. The van der Waals surface area contributed by atoms with Crippen LogP contribution in [0.1, 0.15) is 19.8 Å². The zero-order valence-electron chi connectivity index (χ0n) is 11.3. The number of hydrogen-bond acceptors (Lipinski definition) is 2. The van der Waals surface area contributed by atoms with E-state index in [1.54, 1.807) is 17.0 Å². The smallest absolute Gasteiger partial charge is 0.227 e. The lowest BCUT2D eigenvalue weighted by atomic mass is 10.2. The van der Waals surface area contributed by atoms with Crippen LogP contribution in [0.25, 0.3) is 0 Å². The average Bonchev–Trinajstić information content (AvgIpc) is 2.69. The number of anilines is 1. The summed E-state index contributed by atoms with van der Waals surface area (Å²) < 4.78 is 0. The summed E-state index contributed by atoms with van der Waals surface area (Å²) in [7, 11) is 0. The summed E-state index contributed by atoms with van der Waals surface area (Å²) >= 11 is 0. The molecule has 1 amide bonds. The number of benzene rings is 1. The second kappa shape index (κ2) is 5.60. The minimum Gasteiger partial charge on any atom is -0.370 e. The van der Waals surface area contributed by atoms with Crippen molar-refractivity contribution in [3.8, 4) is 0 Å². The Bertz CT molecular complexity index is 559. The maximum atomic E-state index is 11.8. The van der Waals surface area contributed by atoms with E-state index in [0.717, 1.165) is 12.1 Å². The third-order valence-electron chi connectivity index (χ3n) is 3.10. The highest BCUT2D eigenvalue weighted by Crippen LogP contribution is 2.27. The van der Waals surface area contributed by atoms with Gasteiger partial charge in [-0.25, -0.2) is 4.99 Å². The van der Waals surface area contributed by atoms with Gasteiger partial charge in [-0.2, -0.15) is 4.99 Å². The normalized spacial score (nSPS) is 19.2. The van der Waals surface area contributed by atoms with Crippen LogP contribution in [0, 0.1) is 0 Å². The summed E-state index contributed by atoms with van der Waals surface area (Å²) in [5.41, 5.74) is 17.4. The first-order valence-corrected chi connectivity index (χ1v) is 6.33. The molecule has 2 rings (SSSR count). The number of carbonyl (C=O) groups excluding carboxylic acids is 1. The van der Waals surface area contributed by atoms with Gasteiger partial charge in [0, 0.05) is 18.2 Å². The van der Waals surface area contributed by atoms with E-state index >= 15 is 0 Å². The van der Waals surface area contributed by atoms with Crippen molar-refractivity contribution in [2.75, 3.05) is 4.90 Å². The topological polar surface area (TPSA) is 123 Å². The van der Waals surface area contributed by atoms with E-state index in [0.29, 0.717) is 12.1 Å². The molecule has 0 spiro atoms. The van der Waals surface area contributed by atoms with E-state index in [1.165, 1.54) is 0 Å². The Kier molecular flexibility index (Phi) is 3.88. The summed E-state index contributed by atoms with van der Waals surface area (Å²) in [6, 6.07) is 7.43. The molecule has 1 aliphatic rings. The fourth-order valence-electron chi connectivity index (χ4n) is 2.20. The molecule has 1 fully saturated rings. The molecule has 1 aromatic carbocycles. The molecule has 0 bridgehead atoms. The number of carbonyl (C=O) groups is 1. The van der Waals surface area contributed by atoms with E-state index in [9.17, 15) is 4.79 Å². The molecule has 1 heterocycles. The van der Waals surface area contributed by atoms with Crippen molar-refractivity contribution in [3.05, 3.63) is 24.3 Å². The number of rotatable bonds is 2. The zero-order chi connectivity index (χ0) is 14.7. The lowest BCUT2D eigenvalue weighted by Gasteiger charge is -2.21. The molecule has 106 valence electrons. The molecular formula is C13H18N6O. The highest BCUT2D eigenvalue weighted by Gasteiger charge is 2.28. The lowest BCUT2D eigenvalue weighted by molar-refractivity contribution is -0.117. The van der Waals surface area contributed by atoms with Crippen molar-refractivity contribution in [2.45, 2.75) is 25.8 Å². The Labute approximate surface area is 117 Å². The second-order valence-corrected chi connectivity index (χ2v) is 4.67. The number of guanidine groups is 2. The minimum absolute atomic E-state index is 0.0108. The minimum atomic E-state index is -0.139. The van der Waals surface area contributed by atoms with Gasteiger partial charge in [-0.05, 0) is 37.6 Å². The van der Waals surface area contributed by atoms with Crippen LogP contribution in [0.4, 0.5) is 11.4 Å². The van der Waals surface area contributed by atoms with Gasteiger partial charge in [0.25, 0.3) is 0 Å². The molecule has 1 aliphatic heterocycles. The number of hydrogen-bond donors (Lipinski definition) is 3. The van der Waals surface area contributed by atoms with Crippen LogP contribution in [-0.4, -0.2) is 23.9 Å². The van der Waals surface area contributed by atoms with Crippen LogP contribution in [0.15, 0.2) is 34.3 Å². The molecular weight excluding hydrogens is 256 g/mol. The first kappa shape index (κ1) is 13.9. The van der Waals surface area contributed by atoms with Gasteiger partial charge in [0.05, 0.1) is 5.69 Å². The molecule has 0 aliphatic carbocycles. The first-order valence-electron chi connectivity index (χ1n) is 6.33. The van der Waals surface area contributed by atoms with Crippen LogP contribution >= 0.6 is 0 Å². The second-order valence-electron chi connectivity index (χ2n) is 4.67. The Morgan fingerprint density at radius 3 is 2.40 bits per heavy atom. The molecule has 1 unspecified atom stereocenters. The van der Waals surface area contributed by atoms with E-state index in [-0.39, 0.29) is 23.9 Å². The molecule has 20 heavy (non-hydrogen) atoms. The molecule has 0 aromatic heterocycles. The van der Waals surface area contributed by atoms with Gasteiger partial charge in [0.1, 0.15) is 0 Å². The van der Waals surface area contributed by atoms with Crippen LogP contribution in [0.2, 0.25) is 0 Å². The van der Waals surface area contributed by atoms with Crippen LogP contribution in [0.3, 0.4) is 0 Å². The maximum absolute atomic E-state index is 11.8. The van der Waals surface area contributed by atoms with Crippen molar-refractivity contribution in [1.82, 2.24) is 0 Å². The number of aliphatic imine (C=N–C) groups is 2. The summed E-state index contributed by atoms with van der Waals surface area (Å²) in [5.74, 6) is -0.00324. The van der Waals surface area contributed by atoms with Gasteiger partial charge < -0.3 is 22.1 Å². The summed E-state index contributed by atoms with van der Waals surface area (Å²) in [4.78, 5) is 21.3. The molecule has 1 saturated heterocycles. The van der Waals surface area contributed by atoms with Gasteiger partial charge in [-0.3, -0.25) is 4.79 Å². The Hall–Kier alpha value is -2.57. The maximum Gasteiger partial charge on any atom is 0.227 e. The number of amides is 1. The largest absolute Gasteiger partial charge is 0.370 e. The van der Waals surface area contributed by atoms with Crippen LogP contribution < -0.4 is 22.1 Å². The van der Waals surface area contributed by atoms with Crippen LogP contribution in [0.5, 0.6) is 0 Å². The van der Waals surface area contributed by atoms with E-state index in [4.69, 9.17) is 17.2 Å². The quantitative estimate of drug-likeness (QED) is 0.534. The van der Waals surface area contributed by atoms with Crippen molar-refractivity contribution >= 4 is 29.2 Å². The van der Waals surface area contributed by atoms with Gasteiger partial charge in [-0.15, -0.1) is 0 Å². The average molecular weight is 274 g/mol. The molecule has 1 atom stereocenters. The van der Waals surface area contributed by atoms with E-state index < -0.39 is 0 Å². The molecule has 0 radical (unpaired) electrons. The van der Waals surface area contributed by atoms with E-state index in [1.807, 2.05) is 19.1 Å². The lowest BCUT2D eigenvalue weighted by Crippen LogP contribution is -2.30. The SMILES string of the molecule is CC1CCC(=O)N1c1ccc(N=C(N)N=C(N)N)cc1. The molecule has 7 heteroatoms. The Morgan fingerprint density at radius 2 is 1.90 bits per heavy atom. The highest BCUT2D eigenvalue weighted by atomic mass is 16.2. The van der Waals surface area contributed by atoms with Crippen LogP contribution in [-0.2, 0) is 4.79 Å². The van der Waals surface area contributed by atoms with Crippen molar-refractivity contribution in [2.24, 2.45) is 27.2 Å². The summed E-state index contributed by atoms with van der Waals surface area (Å²) in [6.07, 6.45) is 1.48. The summed E-state index contributed by atoms with van der Waals surface area (Å²) in [6.45, 7) is 2.04. The fraction of sp³-hybridized carbons (Fsp3) is 0.308. The number of nitrogens with two attached hydrogens (primary N) is 3.